The van der Waals surface area contributed by atoms with Crippen LogP contribution >= 0.6 is 11.6 Å². The molecule has 3 nitrogen and oxygen atoms in total. The number of benzene rings is 1. The molecule has 0 bridgehead atoms. The van der Waals surface area contributed by atoms with E-state index in [2.05, 4.69) is 0 Å². The fourth-order valence-corrected chi connectivity index (χ4v) is 2.16. The Morgan fingerprint density at radius 1 is 1.26 bits per heavy atom. The maximum absolute atomic E-state index is 12.3. The van der Waals surface area contributed by atoms with Gasteiger partial charge in [-0.05, 0) is 18.1 Å². The molecule has 0 aliphatic carbocycles. The largest absolute Gasteiger partial charge is 0.395 e. The number of hydrogen-bond donors (Lipinski definition) is 2. The van der Waals surface area contributed by atoms with Gasteiger partial charge in [-0.2, -0.15) is 0 Å². The van der Waals surface area contributed by atoms with Crippen molar-refractivity contribution in [1.29, 1.82) is 0 Å². The maximum Gasteiger partial charge on any atom is 0.251 e. The van der Waals surface area contributed by atoms with Gasteiger partial charge in [-0.3, -0.25) is 4.90 Å². The van der Waals surface area contributed by atoms with Crippen molar-refractivity contribution < 1.29 is 13.9 Å². The van der Waals surface area contributed by atoms with Crippen molar-refractivity contribution in [3.63, 3.8) is 0 Å². The van der Waals surface area contributed by atoms with Crippen LogP contribution in [0.25, 0.3) is 0 Å². The van der Waals surface area contributed by atoms with Crippen molar-refractivity contribution in [3.05, 3.63) is 34.9 Å². The number of aliphatic hydroxyl groups excluding tert-OH is 1. The molecule has 19 heavy (non-hydrogen) atoms. The Bertz CT molecular complexity index is 379. The summed E-state index contributed by atoms with van der Waals surface area (Å²) < 4.78 is 24.7. The molecule has 0 aromatic heterocycles. The average Bonchev–Trinajstić information content (AvgIpc) is 2.36. The van der Waals surface area contributed by atoms with E-state index in [4.69, 9.17) is 22.4 Å². The molecule has 108 valence electrons. The highest BCUT2D eigenvalue weighted by Crippen LogP contribution is 2.23. The van der Waals surface area contributed by atoms with Crippen LogP contribution in [-0.2, 0) is 0 Å². The third-order valence-corrected chi connectivity index (χ3v) is 3.22. The van der Waals surface area contributed by atoms with Crippen LogP contribution in [0.15, 0.2) is 24.3 Å². The fraction of sp³-hybridized carbons (Fsp3) is 0.538. The predicted octanol–water partition coefficient (Wildman–Crippen LogP) is 2.29. The summed E-state index contributed by atoms with van der Waals surface area (Å²) in [7, 11) is 0. The topological polar surface area (TPSA) is 49.5 Å². The first-order chi connectivity index (χ1) is 9.04. The monoisotopic (exact) mass is 292 g/mol. The molecule has 3 N–H and O–H groups in total. The minimum absolute atomic E-state index is 0.145. The lowest BCUT2D eigenvalue weighted by Crippen LogP contribution is -2.34. The zero-order valence-corrected chi connectivity index (χ0v) is 11.4. The zero-order chi connectivity index (χ0) is 14.3. The van der Waals surface area contributed by atoms with E-state index in [0.29, 0.717) is 18.0 Å². The van der Waals surface area contributed by atoms with Gasteiger partial charge >= 0.3 is 0 Å². The Hall–Kier alpha value is -0.750. The summed E-state index contributed by atoms with van der Waals surface area (Å²) in [5.74, 6) is 0. The number of rotatable bonds is 8. The first-order valence-electron chi connectivity index (χ1n) is 6.16. The molecule has 6 heteroatoms. The molecule has 0 heterocycles. The average molecular weight is 293 g/mol. The van der Waals surface area contributed by atoms with E-state index in [1.165, 1.54) is 4.90 Å². The summed E-state index contributed by atoms with van der Waals surface area (Å²) in [5.41, 5.74) is 6.82. The number of alkyl halides is 2. The molecule has 0 saturated carbocycles. The SMILES string of the molecule is NC(CCN(CCO)CC(F)F)c1ccccc1Cl. The predicted molar refractivity (Wildman–Crippen MR) is 72.5 cm³/mol. The van der Waals surface area contributed by atoms with Crippen molar-refractivity contribution in [2.75, 3.05) is 26.2 Å². The van der Waals surface area contributed by atoms with E-state index < -0.39 is 6.43 Å². The van der Waals surface area contributed by atoms with E-state index >= 15 is 0 Å². The second-order valence-corrected chi connectivity index (χ2v) is 4.74. The molecule has 0 aliphatic heterocycles. The maximum atomic E-state index is 12.3. The van der Waals surface area contributed by atoms with Gasteiger partial charge in [0, 0.05) is 24.2 Å². The molecule has 0 saturated heterocycles. The highest BCUT2D eigenvalue weighted by atomic mass is 35.5. The highest BCUT2D eigenvalue weighted by Gasteiger charge is 2.15. The second kappa shape index (κ2) is 8.43. The highest BCUT2D eigenvalue weighted by molar-refractivity contribution is 6.31. The van der Waals surface area contributed by atoms with E-state index in [1.54, 1.807) is 6.07 Å². The molecular weight excluding hydrogens is 274 g/mol. The van der Waals surface area contributed by atoms with Crippen LogP contribution in [0.4, 0.5) is 8.78 Å². The Morgan fingerprint density at radius 2 is 1.95 bits per heavy atom. The first kappa shape index (κ1) is 16.3. The van der Waals surface area contributed by atoms with Gasteiger partial charge in [0.15, 0.2) is 0 Å². The van der Waals surface area contributed by atoms with Crippen LogP contribution in [0, 0.1) is 0 Å². The van der Waals surface area contributed by atoms with Gasteiger partial charge in [-0.15, -0.1) is 0 Å². The van der Waals surface area contributed by atoms with Crippen LogP contribution in [0.2, 0.25) is 5.02 Å². The van der Waals surface area contributed by atoms with Crippen LogP contribution in [0.1, 0.15) is 18.0 Å². The van der Waals surface area contributed by atoms with Crippen molar-refractivity contribution in [2.24, 2.45) is 5.73 Å². The Balaban J connectivity index is 2.51. The zero-order valence-electron chi connectivity index (χ0n) is 10.6. The molecule has 1 rings (SSSR count). The Morgan fingerprint density at radius 3 is 2.53 bits per heavy atom. The normalized spacial score (nSPS) is 13.2. The molecule has 1 aromatic carbocycles. The van der Waals surface area contributed by atoms with Gasteiger partial charge in [0.25, 0.3) is 6.43 Å². The number of halogens is 3. The third-order valence-electron chi connectivity index (χ3n) is 2.87. The summed E-state index contributed by atoms with van der Waals surface area (Å²) >= 11 is 6.03. The van der Waals surface area contributed by atoms with Crippen molar-refractivity contribution in [1.82, 2.24) is 4.90 Å². The Kier molecular flexibility index (Phi) is 7.23. The number of nitrogens with zero attached hydrogens (tertiary/aromatic N) is 1. The molecule has 0 radical (unpaired) electrons. The number of aliphatic hydroxyl groups is 1. The quantitative estimate of drug-likeness (QED) is 0.773. The fourth-order valence-electron chi connectivity index (χ4n) is 1.88. The summed E-state index contributed by atoms with van der Waals surface area (Å²) in [6.45, 7) is 0.126. The van der Waals surface area contributed by atoms with Crippen molar-refractivity contribution in [2.45, 2.75) is 18.9 Å². The van der Waals surface area contributed by atoms with Crippen LogP contribution < -0.4 is 5.73 Å². The molecule has 1 aromatic rings. The molecular formula is C13H19ClF2N2O. The third kappa shape index (κ3) is 5.82. The van der Waals surface area contributed by atoms with Crippen LogP contribution in [0.3, 0.4) is 0 Å². The molecule has 0 fully saturated rings. The lowest BCUT2D eigenvalue weighted by molar-refractivity contribution is 0.0768. The lowest BCUT2D eigenvalue weighted by atomic mass is 10.0. The van der Waals surface area contributed by atoms with Gasteiger partial charge in [-0.25, -0.2) is 8.78 Å². The summed E-state index contributed by atoms with van der Waals surface area (Å²) in [4.78, 5) is 1.50. The lowest BCUT2D eigenvalue weighted by Gasteiger charge is -2.23. The van der Waals surface area contributed by atoms with Gasteiger partial charge in [-0.1, -0.05) is 29.8 Å². The molecule has 0 spiro atoms. The van der Waals surface area contributed by atoms with E-state index in [0.717, 1.165) is 5.56 Å². The van der Waals surface area contributed by atoms with Crippen molar-refractivity contribution in [3.8, 4) is 0 Å². The van der Waals surface area contributed by atoms with Gasteiger partial charge in [0.05, 0.1) is 13.2 Å². The molecule has 0 amide bonds. The second-order valence-electron chi connectivity index (χ2n) is 4.33. The van der Waals surface area contributed by atoms with Crippen molar-refractivity contribution >= 4 is 11.6 Å². The minimum Gasteiger partial charge on any atom is -0.395 e. The van der Waals surface area contributed by atoms with Gasteiger partial charge in [0.2, 0.25) is 0 Å². The summed E-state index contributed by atoms with van der Waals surface area (Å²) in [5, 5.41) is 9.42. The van der Waals surface area contributed by atoms with Crippen LogP contribution in [-0.4, -0.2) is 42.7 Å². The van der Waals surface area contributed by atoms with E-state index in [9.17, 15) is 8.78 Å². The Labute approximate surface area is 117 Å². The van der Waals surface area contributed by atoms with E-state index in [-0.39, 0.29) is 25.7 Å². The number of hydrogen-bond acceptors (Lipinski definition) is 3. The minimum atomic E-state index is -2.41. The molecule has 1 atom stereocenters. The van der Waals surface area contributed by atoms with Gasteiger partial charge < -0.3 is 10.8 Å². The van der Waals surface area contributed by atoms with E-state index in [1.807, 2.05) is 18.2 Å². The summed E-state index contributed by atoms with van der Waals surface area (Å²) in [6.07, 6.45) is -1.90. The van der Waals surface area contributed by atoms with Gasteiger partial charge in [0.1, 0.15) is 0 Å². The van der Waals surface area contributed by atoms with Crippen LogP contribution in [0.5, 0.6) is 0 Å². The molecule has 1 unspecified atom stereocenters. The smallest absolute Gasteiger partial charge is 0.251 e. The molecule has 0 aliphatic rings. The summed E-state index contributed by atoms with van der Waals surface area (Å²) in [6, 6.07) is 6.93. The standard InChI is InChI=1S/C13H19ClF2N2O/c14-11-4-2-1-3-10(11)12(17)5-6-18(7-8-19)9-13(15)16/h1-4,12-13,19H,5-9,17H2. The first-order valence-corrected chi connectivity index (χ1v) is 6.53. The number of nitrogens with two attached hydrogens (primary N) is 1.